The first-order chi connectivity index (χ1) is 8.04. The first-order valence-corrected chi connectivity index (χ1v) is 6.03. The van der Waals surface area contributed by atoms with E-state index in [2.05, 4.69) is 4.18 Å². The Kier molecular flexibility index (Phi) is 3.91. The van der Waals surface area contributed by atoms with Crippen LogP contribution in [0.1, 0.15) is 11.1 Å². The van der Waals surface area contributed by atoms with Gasteiger partial charge >= 0.3 is 17.5 Å². The Morgan fingerprint density at radius 2 is 1.89 bits per heavy atom. The molecule has 0 aliphatic heterocycles. The average Bonchev–Trinajstić information content (AvgIpc) is 2.16. The summed E-state index contributed by atoms with van der Waals surface area (Å²) in [6.07, 6.45) is 0. The summed E-state index contributed by atoms with van der Waals surface area (Å²) in [6.45, 7) is -4.44. The third-order valence-corrected chi connectivity index (χ3v) is 2.69. The molecular formula is C8H9BF4NO3S-. The summed E-state index contributed by atoms with van der Waals surface area (Å²) < 4.78 is 74.7. The summed E-state index contributed by atoms with van der Waals surface area (Å²) in [5.41, 5.74) is 4.08. The summed E-state index contributed by atoms with van der Waals surface area (Å²) in [4.78, 5) is 0. The summed E-state index contributed by atoms with van der Waals surface area (Å²) in [7, 11) is -5.38. The standard InChI is InChI=1S/C8H9BF4NO3S/c1-5-6(4-14)2-7(17-18(13,15)16)3-8(5)9(10,11)12/h2-3H,4,14H2,1H3/q-1. The number of benzene rings is 1. The van der Waals surface area contributed by atoms with E-state index >= 15 is 0 Å². The van der Waals surface area contributed by atoms with Crippen LogP contribution in [0.4, 0.5) is 16.8 Å². The van der Waals surface area contributed by atoms with E-state index < -0.39 is 28.7 Å². The lowest BCUT2D eigenvalue weighted by Crippen LogP contribution is -2.37. The van der Waals surface area contributed by atoms with Gasteiger partial charge in [-0.05, 0) is 24.6 Å². The quantitative estimate of drug-likeness (QED) is 0.511. The highest BCUT2D eigenvalue weighted by Gasteiger charge is 2.29. The maximum absolute atomic E-state index is 12.7. The number of hydrogen-bond donors (Lipinski definition) is 1. The fraction of sp³-hybridized carbons (Fsp3) is 0.250. The molecule has 0 aliphatic rings. The molecule has 0 heterocycles. The van der Waals surface area contributed by atoms with Gasteiger partial charge in [-0.1, -0.05) is 9.45 Å². The molecule has 0 unspecified atom stereocenters. The predicted molar refractivity (Wildman–Crippen MR) is 58.4 cm³/mol. The van der Waals surface area contributed by atoms with Crippen molar-refractivity contribution in [2.45, 2.75) is 13.5 Å². The Morgan fingerprint density at radius 1 is 1.33 bits per heavy atom. The molecular weight excluding hydrogens is 277 g/mol. The molecule has 0 saturated heterocycles. The van der Waals surface area contributed by atoms with Crippen LogP contribution in [0.3, 0.4) is 0 Å². The van der Waals surface area contributed by atoms with Crippen LogP contribution in [0, 0.1) is 6.92 Å². The Balaban J connectivity index is 3.40. The van der Waals surface area contributed by atoms with Gasteiger partial charge in [0, 0.05) is 6.54 Å². The number of nitrogens with two attached hydrogens (primary N) is 1. The maximum Gasteiger partial charge on any atom is 0.510 e. The molecule has 0 saturated carbocycles. The lowest BCUT2D eigenvalue weighted by Gasteiger charge is -2.21. The molecule has 0 fully saturated rings. The Hall–Kier alpha value is -1.29. The van der Waals surface area contributed by atoms with Crippen molar-refractivity contribution < 1.29 is 29.4 Å². The fourth-order valence-electron chi connectivity index (χ4n) is 1.48. The minimum Gasteiger partial charge on any atom is -0.445 e. The second-order valence-electron chi connectivity index (χ2n) is 3.55. The lowest BCUT2D eigenvalue weighted by atomic mass is 9.75. The van der Waals surface area contributed by atoms with E-state index in [1.54, 1.807) is 0 Å². The van der Waals surface area contributed by atoms with Crippen LogP contribution < -0.4 is 15.4 Å². The number of rotatable bonds is 4. The smallest absolute Gasteiger partial charge is 0.445 e. The summed E-state index contributed by atoms with van der Waals surface area (Å²) >= 11 is 0. The molecule has 1 aromatic carbocycles. The van der Waals surface area contributed by atoms with Gasteiger partial charge in [0.15, 0.2) is 0 Å². The first-order valence-electron chi connectivity index (χ1n) is 4.72. The molecule has 18 heavy (non-hydrogen) atoms. The van der Waals surface area contributed by atoms with Crippen molar-refractivity contribution in [2.24, 2.45) is 5.73 Å². The van der Waals surface area contributed by atoms with Gasteiger partial charge in [-0.3, -0.25) is 0 Å². The monoisotopic (exact) mass is 286 g/mol. The highest BCUT2D eigenvalue weighted by Crippen LogP contribution is 2.22. The molecule has 0 bridgehead atoms. The molecule has 0 atom stereocenters. The normalized spacial score (nSPS) is 12.6. The summed E-state index contributed by atoms with van der Waals surface area (Å²) in [5.74, 6) is -0.752. The zero-order chi connectivity index (χ0) is 14.1. The zero-order valence-corrected chi connectivity index (χ0v) is 9.98. The van der Waals surface area contributed by atoms with Gasteiger partial charge in [0.1, 0.15) is 5.75 Å². The maximum atomic E-state index is 12.7. The van der Waals surface area contributed by atoms with Crippen LogP contribution in [0.5, 0.6) is 5.75 Å². The molecule has 2 N–H and O–H groups in total. The van der Waals surface area contributed by atoms with Crippen molar-refractivity contribution in [1.82, 2.24) is 0 Å². The van der Waals surface area contributed by atoms with Crippen LogP contribution in [0.15, 0.2) is 12.1 Å². The van der Waals surface area contributed by atoms with E-state index in [4.69, 9.17) is 5.73 Å². The highest BCUT2D eigenvalue weighted by molar-refractivity contribution is 7.81. The van der Waals surface area contributed by atoms with Crippen molar-refractivity contribution in [1.29, 1.82) is 0 Å². The van der Waals surface area contributed by atoms with Gasteiger partial charge in [0.05, 0.1) is 0 Å². The van der Waals surface area contributed by atoms with Crippen LogP contribution in [-0.4, -0.2) is 15.4 Å². The van der Waals surface area contributed by atoms with E-state index in [1.165, 1.54) is 6.92 Å². The Bertz CT molecular complexity index is 558. The molecule has 0 amide bonds. The second-order valence-corrected chi connectivity index (χ2v) is 4.50. The average molecular weight is 286 g/mol. The first kappa shape index (κ1) is 14.8. The predicted octanol–water partition coefficient (Wildman–Crippen LogP) is 1.10. The minimum absolute atomic E-state index is 0.0327. The van der Waals surface area contributed by atoms with Crippen molar-refractivity contribution in [3.8, 4) is 5.75 Å². The molecule has 10 heteroatoms. The molecule has 1 rings (SSSR count). The second kappa shape index (κ2) is 4.77. The van der Waals surface area contributed by atoms with E-state index in [0.717, 1.165) is 6.07 Å². The molecule has 0 aliphatic carbocycles. The van der Waals surface area contributed by atoms with Crippen LogP contribution >= 0.6 is 0 Å². The zero-order valence-electron chi connectivity index (χ0n) is 9.16. The number of halogens is 4. The summed E-state index contributed by atoms with van der Waals surface area (Å²) in [5, 5.41) is 0. The van der Waals surface area contributed by atoms with E-state index in [1.807, 2.05) is 0 Å². The molecule has 0 aromatic heterocycles. The van der Waals surface area contributed by atoms with Crippen LogP contribution in [-0.2, 0) is 17.0 Å². The molecule has 102 valence electrons. The Labute approximate surface area is 101 Å². The van der Waals surface area contributed by atoms with Crippen molar-refractivity contribution in [2.75, 3.05) is 0 Å². The lowest BCUT2D eigenvalue weighted by molar-refractivity contribution is 0.439. The van der Waals surface area contributed by atoms with Gasteiger partial charge < -0.3 is 22.9 Å². The highest BCUT2D eigenvalue weighted by atomic mass is 32.3. The third kappa shape index (κ3) is 3.60. The number of hydrogen-bond acceptors (Lipinski definition) is 4. The van der Waals surface area contributed by atoms with E-state index in [0.29, 0.717) is 6.07 Å². The van der Waals surface area contributed by atoms with Crippen LogP contribution in [0.25, 0.3) is 0 Å². The topological polar surface area (TPSA) is 69.4 Å². The molecule has 0 radical (unpaired) electrons. The van der Waals surface area contributed by atoms with Gasteiger partial charge in [0.25, 0.3) is 0 Å². The minimum atomic E-state index is -5.38. The van der Waals surface area contributed by atoms with E-state index in [-0.39, 0.29) is 17.7 Å². The van der Waals surface area contributed by atoms with Crippen molar-refractivity contribution in [3.05, 3.63) is 23.3 Å². The SMILES string of the molecule is Cc1c(CN)cc(OS(=O)(=O)F)cc1[B-](F)(F)F. The van der Waals surface area contributed by atoms with Crippen molar-refractivity contribution in [3.63, 3.8) is 0 Å². The largest absolute Gasteiger partial charge is 0.510 e. The molecule has 1 aromatic rings. The van der Waals surface area contributed by atoms with E-state index in [9.17, 15) is 25.3 Å². The van der Waals surface area contributed by atoms with Crippen molar-refractivity contribution >= 4 is 22.9 Å². The molecule has 4 nitrogen and oxygen atoms in total. The summed E-state index contributed by atoms with van der Waals surface area (Å²) in [6, 6.07) is 1.39. The van der Waals surface area contributed by atoms with Crippen LogP contribution in [0.2, 0.25) is 0 Å². The van der Waals surface area contributed by atoms with Gasteiger partial charge in [0.2, 0.25) is 0 Å². The van der Waals surface area contributed by atoms with Gasteiger partial charge in [-0.15, -0.1) is 5.46 Å². The Morgan fingerprint density at radius 3 is 2.28 bits per heavy atom. The van der Waals surface area contributed by atoms with Gasteiger partial charge in [-0.25, -0.2) is 0 Å². The third-order valence-electron chi connectivity index (χ3n) is 2.30. The fourth-order valence-corrected chi connectivity index (χ4v) is 1.81. The van der Waals surface area contributed by atoms with Gasteiger partial charge in [-0.2, -0.15) is 8.42 Å². The molecule has 0 spiro atoms.